The number of aliphatic hydroxyl groups excluding tert-OH is 1. The van der Waals surface area contributed by atoms with E-state index in [9.17, 15) is 23.1 Å². The maximum atomic E-state index is 13.5. The van der Waals surface area contributed by atoms with Crippen molar-refractivity contribution in [1.29, 1.82) is 0 Å². The number of hydrogen-bond donors (Lipinski definition) is 4. The highest BCUT2D eigenvalue weighted by atomic mass is 79.9. The number of carbonyl (C=O) groups is 2. The minimum absolute atomic E-state index is 0.0403. The summed E-state index contributed by atoms with van der Waals surface area (Å²) in [5.74, 6) is -0.735. The number of halogens is 1. The second kappa shape index (κ2) is 16.7. The first-order valence-corrected chi connectivity index (χ1v) is 16.9. The zero-order valence-electron chi connectivity index (χ0n) is 25.4. The normalized spacial score (nSPS) is 13.1. The van der Waals surface area contributed by atoms with Crippen LogP contribution in [0.25, 0.3) is 0 Å². The van der Waals surface area contributed by atoms with Crippen LogP contribution in [0.1, 0.15) is 54.7 Å². The number of anilines is 1. The third-order valence-electron chi connectivity index (χ3n) is 7.14. The van der Waals surface area contributed by atoms with Gasteiger partial charge in [-0.15, -0.1) is 0 Å². The Kier molecular flexibility index (Phi) is 13.3. The topological polar surface area (TPSA) is 155 Å². The summed E-state index contributed by atoms with van der Waals surface area (Å²) in [7, 11) is -3.86. The van der Waals surface area contributed by atoms with Gasteiger partial charge in [-0.3, -0.25) is 14.6 Å². The van der Waals surface area contributed by atoms with Crippen LogP contribution in [0, 0.1) is 12.8 Å². The van der Waals surface area contributed by atoms with Crippen molar-refractivity contribution in [3.8, 4) is 0 Å². The van der Waals surface area contributed by atoms with Crippen LogP contribution >= 0.6 is 15.9 Å². The van der Waals surface area contributed by atoms with Crippen molar-refractivity contribution >= 4 is 43.5 Å². The highest BCUT2D eigenvalue weighted by Gasteiger charge is 2.31. The fraction of sp³-hybridized carbons (Fsp3) is 0.406. The Morgan fingerprint density at radius 1 is 1.05 bits per heavy atom. The molecule has 2 atom stereocenters. The minimum atomic E-state index is -3.86. The van der Waals surface area contributed by atoms with E-state index in [4.69, 9.17) is 5.73 Å². The van der Waals surface area contributed by atoms with E-state index < -0.39 is 28.0 Å². The van der Waals surface area contributed by atoms with Crippen molar-refractivity contribution in [3.05, 3.63) is 88.2 Å². The van der Waals surface area contributed by atoms with E-state index in [0.29, 0.717) is 37.1 Å². The molecule has 238 valence electrons. The van der Waals surface area contributed by atoms with Crippen molar-refractivity contribution in [2.45, 2.75) is 63.4 Å². The van der Waals surface area contributed by atoms with Gasteiger partial charge in [0.05, 0.1) is 11.5 Å². The van der Waals surface area contributed by atoms with Crippen LogP contribution in [0.5, 0.6) is 0 Å². The Balaban J connectivity index is 1.64. The number of carbonyl (C=O) groups excluding carboxylic acids is 2. The number of sulfonamides is 1. The summed E-state index contributed by atoms with van der Waals surface area (Å²) in [6, 6.07) is 15.6. The van der Waals surface area contributed by atoms with Gasteiger partial charge in [-0.1, -0.05) is 60.5 Å². The highest BCUT2D eigenvalue weighted by Crippen LogP contribution is 2.23. The summed E-state index contributed by atoms with van der Waals surface area (Å²) < 4.78 is 29.2. The lowest BCUT2D eigenvalue weighted by atomic mass is 10.0. The summed E-state index contributed by atoms with van der Waals surface area (Å²) in [5.41, 5.74) is 8.03. The molecule has 0 saturated carbocycles. The van der Waals surface area contributed by atoms with Gasteiger partial charge in [0.15, 0.2) is 0 Å². The third-order valence-corrected chi connectivity index (χ3v) is 9.85. The number of unbranched alkanes of at least 4 members (excludes halogenated alkanes) is 1. The summed E-state index contributed by atoms with van der Waals surface area (Å²) in [4.78, 5) is 30.6. The maximum absolute atomic E-state index is 13.5. The van der Waals surface area contributed by atoms with Crippen LogP contribution in [0.4, 0.5) is 5.69 Å². The van der Waals surface area contributed by atoms with Crippen LogP contribution in [-0.2, 0) is 21.2 Å². The number of nitrogens with two attached hydrogens (primary N) is 1. The Labute approximate surface area is 268 Å². The molecule has 3 aromatic rings. The third kappa shape index (κ3) is 9.85. The second-order valence-corrected chi connectivity index (χ2v) is 13.9. The fourth-order valence-electron chi connectivity index (χ4n) is 4.79. The van der Waals surface area contributed by atoms with Gasteiger partial charge in [-0.05, 0) is 73.2 Å². The summed E-state index contributed by atoms with van der Waals surface area (Å²) >= 11 is 3.52. The molecule has 0 radical (unpaired) electrons. The Morgan fingerprint density at radius 3 is 2.39 bits per heavy atom. The van der Waals surface area contributed by atoms with E-state index in [2.05, 4.69) is 31.5 Å². The number of nitrogens with zero attached hydrogens (tertiary/aromatic N) is 2. The molecule has 0 aliphatic rings. The standard InChI is InChI=1S/C32H42BrN5O5S/c1-22(2)20-38(44(42,43)27-15-13-25(34)14-16-27)26(21-39)11-6-7-17-36-31(40)29(19-24-10-4-5-12-28(24)33)37-32(41)30-23(3)9-8-18-35-30/h4-5,8-10,12-16,18,22,26,29,39H,6-7,11,17,19-21,34H2,1-3H3,(H,36,40)(H,37,41)/t26-,29-/m0/s1. The molecule has 1 heterocycles. The van der Waals surface area contributed by atoms with Gasteiger partial charge < -0.3 is 21.5 Å². The lowest BCUT2D eigenvalue weighted by Crippen LogP contribution is -2.48. The molecule has 10 nitrogen and oxygen atoms in total. The monoisotopic (exact) mass is 687 g/mol. The van der Waals surface area contributed by atoms with E-state index in [1.807, 2.05) is 38.1 Å². The number of hydrogen-bond acceptors (Lipinski definition) is 7. The van der Waals surface area contributed by atoms with Gasteiger partial charge in [0.1, 0.15) is 11.7 Å². The first-order valence-electron chi connectivity index (χ1n) is 14.7. The van der Waals surface area contributed by atoms with E-state index in [1.165, 1.54) is 22.6 Å². The first kappa shape index (κ1) is 35.2. The highest BCUT2D eigenvalue weighted by molar-refractivity contribution is 9.10. The van der Waals surface area contributed by atoms with E-state index in [1.54, 1.807) is 31.2 Å². The molecule has 1 aromatic heterocycles. The van der Waals surface area contributed by atoms with Crippen LogP contribution in [0.2, 0.25) is 0 Å². The largest absolute Gasteiger partial charge is 0.399 e. The first-order chi connectivity index (χ1) is 20.9. The summed E-state index contributed by atoms with van der Waals surface area (Å²) in [6.07, 6.45) is 3.32. The van der Waals surface area contributed by atoms with Crippen LogP contribution < -0.4 is 16.4 Å². The van der Waals surface area contributed by atoms with Crippen LogP contribution in [0.15, 0.2) is 76.2 Å². The lowest BCUT2D eigenvalue weighted by Gasteiger charge is -2.31. The summed E-state index contributed by atoms with van der Waals surface area (Å²) in [6.45, 7) is 5.87. The zero-order valence-corrected chi connectivity index (χ0v) is 27.8. The van der Waals surface area contributed by atoms with Gasteiger partial charge in [0, 0.05) is 41.9 Å². The molecule has 2 aromatic carbocycles. The molecule has 0 aliphatic heterocycles. The number of amides is 2. The predicted molar refractivity (Wildman–Crippen MR) is 175 cm³/mol. The van der Waals surface area contributed by atoms with Gasteiger partial charge in [-0.2, -0.15) is 4.31 Å². The summed E-state index contributed by atoms with van der Waals surface area (Å²) in [5, 5.41) is 15.9. The number of aromatic nitrogens is 1. The van der Waals surface area contributed by atoms with Crippen LogP contribution in [0.3, 0.4) is 0 Å². The van der Waals surface area contributed by atoms with Gasteiger partial charge >= 0.3 is 0 Å². The molecule has 12 heteroatoms. The Bertz CT molecular complexity index is 1500. The number of rotatable bonds is 16. The maximum Gasteiger partial charge on any atom is 0.270 e. The zero-order chi connectivity index (χ0) is 32.3. The number of aliphatic hydroxyl groups is 1. The van der Waals surface area contributed by atoms with Crippen molar-refractivity contribution in [2.24, 2.45) is 5.92 Å². The van der Waals surface area contributed by atoms with Gasteiger partial charge in [0.2, 0.25) is 15.9 Å². The molecule has 0 aliphatic carbocycles. The van der Waals surface area contributed by atoms with Crippen molar-refractivity contribution in [2.75, 3.05) is 25.4 Å². The lowest BCUT2D eigenvalue weighted by molar-refractivity contribution is -0.122. The number of pyridine rings is 1. The smallest absolute Gasteiger partial charge is 0.270 e. The van der Waals surface area contributed by atoms with Gasteiger partial charge in [-0.25, -0.2) is 8.42 Å². The second-order valence-electron chi connectivity index (χ2n) is 11.2. The molecule has 44 heavy (non-hydrogen) atoms. The number of aryl methyl sites for hydroxylation is 1. The van der Waals surface area contributed by atoms with E-state index >= 15 is 0 Å². The molecule has 0 bridgehead atoms. The molecular weight excluding hydrogens is 646 g/mol. The van der Waals surface area contributed by atoms with Gasteiger partial charge in [0.25, 0.3) is 5.91 Å². The van der Waals surface area contributed by atoms with Crippen molar-refractivity contribution in [3.63, 3.8) is 0 Å². The molecule has 0 saturated heterocycles. The molecule has 3 rings (SSSR count). The molecular formula is C32H42BrN5O5S. The molecule has 5 N–H and O–H groups in total. The molecule has 0 unspecified atom stereocenters. The molecule has 0 spiro atoms. The van der Waals surface area contributed by atoms with Crippen LogP contribution in [-0.4, -0.2) is 66.4 Å². The number of nitrogen functional groups attached to an aromatic ring is 1. The average molecular weight is 689 g/mol. The number of benzene rings is 2. The Hall–Kier alpha value is -3.32. The van der Waals surface area contributed by atoms with Crippen molar-refractivity contribution < 1.29 is 23.1 Å². The van der Waals surface area contributed by atoms with E-state index in [0.717, 1.165) is 10.0 Å². The van der Waals surface area contributed by atoms with Crippen molar-refractivity contribution in [1.82, 2.24) is 19.9 Å². The molecule has 0 fully saturated rings. The number of nitrogens with one attached hydrogen (secondary N) is 2. The molecule has 2 amide bonds. The quantitative estimate of drug-likeness (QED) is 0.131. The SMILES string of the molecule is Cc1cccnc1C(=O)N[C@@H](Cc1ccccc1Br)C(=O)NCCCC[C@@H](CO)N(CC(C)C)S(=O)(=O)c1ccc(N)cc1. The average Bonchev–Trinajstić information content (AvgIpc) is 2.99. The Morgan fingerprint density at radius 2 is 1.75 bits per heavy atom. The predicted octanol–water partition coefficient (Wildman–Crippen LogP) is 4.07. The van der Waals surface area contributed by atoms with E-state index in [-0.39, 0.29) is 42.0 Å². The minimum Gasteiger partial charge on any atom is -0.399 e. The fourth-order valence-corrected chi connectivity index (χ4v) is 7.04.